The number of likely N-dealkylation sites (tertiary alicyclic amines) is 1. The van der Waals surface area contributed by atoms with Crippen molar-refractivity contribution in [3.63, 3.8) is 0 Å². The van der Waals surface area contributed by atoms with Crippen molar-refractivity contribution >= 4 is 43.1 Å². The lowest BCUT2D eigenvalue weighted by Crippen LogP contribution is -2.46. The highest BCUT2D eigenvalue weighted by molar-refractivity contribution is 6.74. The van der Waals surface area contributed by atoms with Crippen LogP contribution in [0.15, 0.2) is 114 Å². The Bertz CT molecular complexity index is 2590. The minimum Gasteiger partial charge on any atom is -0.506 e. The van der Waals surface area contributed by atoms with Crippen LogP contribution >= 0.6 is 0 Å². The Labute approximate surface area is 413 Å². The van der Waals surface area contributed by atoms with E-state index in [-0.39, 0.29) is 47.6 Å². The van der Waals surface area contributed by atoms with E-state index in [1.807, 2.05) is 39.0 Å². The SMILES string of the molecule is CC(C)(C)OC(=O)N(CCCCCOC(=O)Nc1cccc(C(O)(C(=O)OCC2CCN(Cc3ccccc3)CC2)c2ccccc2)c1)C[C@H](O[Si](C)(C)C(C)(C)C)c1ccc(O)c2[nH]c(=O)ccc12. The van der Waals surface area contributed by atoms with Gasteiger partial charge >= 0.3 is 18.2 Å². The van der Waals surface area contributed by atoms with Crippen molar-refractivity contribution in [3.05, 3.63) is 142 Å². The van der Waals surface area contributed by atoms with E-state index in [4.69, 9.17) is 18.6 Å². The summed E-state index contributed by atoms with van der Waals surface area (Å²) in [5.74, 6) is -0.699. The molecule has 1 aromatic heterocycles. The smallest absolute Gasteiger partial charge is 0.411 e. The van der Waals surface area contributed by atoms with E-state index in [0.29, 0.717) is 48.0 Å². The van der Waals surface area contributed by atoms with E-state index in [0.717, 1.165) is 38.0 Å². The summed E-state index contributed by atoms with van der Waals surface area (Å²) < 4.78 is 24.4. The van der Waals surface area contributed by atoms with E-state index >= 15 is 0 Å². The number of rotatable bonds is 19. The maximum absolute atomic E-state index is 13.9. The molecule has 6 rings (SSSR count). The van der Waals surface area contributed by atoms with Gasteiger partial charge in [-0.3, -0.25) is 15.0 Å². The first-order chi connectivity index (χ1) is 33.1. The van der Waals surface area contributed by atoms with Crippen LogP contribution in [0.25, 0.3) is 10.9 Å². The molecule has 2 amide bonds. The molecule has 2 atom stereocenters. The summed E-state index contributed by atoms with van der Waals surface area (Å²) >= 11 is 0. The number of piperidine rings is 1. The number of hydrogen-bond acceptors (Lipinski definition) is 11. The number of fused-ring (bicyclic) bond motifs is 1. The van der Waals surface area contributed by atoms with E-state index in [1.165, 1.54) is 17.7 Å². The molecule has 0 spiro atoms. The molecule has 376 valence electrons. The Kier molecular flexibility index (Phi) is 17.7. The number of phenolic OH excluding ortho intramolecular Hbond substituents is 1. The number of pyridine rings is 1. The topological polar surface area (TPSA) is 180 Å². The molecule has 4 aromatic carbocycles. The molecule has 0 radical (unpaired) electrons. The summed E-state index contributed by atoms with van der Waals surface area (Å²) in [4.78, 5) is 60.0. The van der Waals surface area contributed by atoms with Gasteiger partial charge < -0.3 is 38.7 Å². The minimum atomic E-state index is -2.45. The van der Waals surface area contributed by atoms with Crippen molar-refractivity contribution in [1.82, 2.24) is 14.8 Å². The zero-order valence-electron chi connectivity index (χ0n) is 42.1. The van der Waals surface area contributed by atoms with E-state index < -0.39 is 43.8 Å². The van der Waals surface area contributed by atoms with E-state index in [2.05, 4.69) is 61.2 Å². The molecule has 70 heavy (non-hydrogen) atoms. The third-order valence-corrected chi connectivity index (χ3v) is 17.7. The number of aromatic amines is 1. The number of nitrogens with zero attached hydrogens (tertiary/aromatic N) is 2. The lowest BCUT2D eigenvalue weighted by molar-refractivity contribution is -0.164. The predicted molar refractivity (Wildman–Crippen MR) is 275 cm³/mol. The van der Waals surface area contributed by atoms with Crippen LogP contribution in [0, 0.1) is 5.92 Å². The van der Waals surface area contributed by atoms with Crippen LogP contribution in [0.3, 0.4) is 0 Å². The van der Waals surface area contributed by atoms with Crippen molar-refractivity contribution in [2.45, 2.75) is 116 Å². The number of nitrogens with one attached hydrogen (secondary N) is 2. The fourth-order valence-corrected chi connectivity index (χ4v) is 9.58. The molecule has 2 heterocycles. The molecule has 0 aliphatic carbocycles. The Morgan fingerprint density at radius 3 is 2.17 bits per heavy atom. The van der Waals surface area contributed by atoms with Crippen molar-refractivity contribution in [2.75, 3.05) is 44.7 Å². The van der Waals surface area contributed by atoms with Crippen LogP contribution in [0.2, 0.25) is 18.1 Å². The van der Waals surface area contributed by atoms with Crippen molar-refractivity contribution in [2.24, 2.45) is 5.92 Å². The van der Waals surface area contributed by atoms with Crippen LogP contribution in [-0.2, 0) is 35.6 Å². The standard InChI is InChI=1S/C55H72N4O10Si/c1-53(2,3)68-52(64)59(37-47(69-70(7,8)54(4,5)6)44-25-27-46(60)49-45(44)26-28-48(61)57-49)31-16-11-17-34-66-51(63)56-43-24-18-23-42(35-43)55(65,41-21-14-10-15-22-41)50(62)67-38-40-29-32-58(33-30-40)36-39-19-12-9-13-20-39/h9-10,12-15,18-28,35,40,47,60,65H,11,16-17,29-34,36-38H2,1-8H3,(H,56,63)(H,57,61)/t47-,55?/m0/s1. The predicted octanol–water partition coefficient (Wildman–Crippen LogP) is 10.6. The van der Waals surface area contributed by atoms with Gasteiger partial charge in [0, 0.05) is 35.8 Å². The van der Waals surface area contributed by atoms with Crippen LogP contribution < -0.4 is 10.9 Å². The zero-order chi connectivity index (χ0) is 50.7. The van der Waals surface area contributed by atoms with Gasteiger partial charge in [0.15, 0.2) is 8.32 Å². The summed E-state index contributed by atoms with van der Waals surface area (Å²) in [5.41, 5.74) is -0.0762. The van der Waals surface area contributed by atoms with Gasteiger partial charge in [0.25, 0.3) is 0 Å². The van der Waals surface area contributed by atoms with Crippen LogP contribution in [0.1, 0.15) is 102 Å². The number of anilines is 1. The number of esters is 1. The third kappa shape index (κ3) is 14.3. The van der Waals surface area contributed by atoms with Gasteiger partial charge in [-0.1, -0.05) is 99.6 Å². The van der Waals surface area contributed by atoms with E-state index in [1.54, 1.807) is 71.6 Å². The Hall–Kier alpha value is -6.00. The second-order valence-electron chi connectivity index (χ2n) is 20.9. The Balaban J connectivity index is 1.05. The fraction of sp³-hybridized carbons (Fsp3) is 0.455. The molecular formula is C55H72N4O10Si. The van der Waals surface area contributed by atoms with Gasteiger partial charge in [0.1, 0.15) is 11.4 Å². The van der Waals surface area contributed by atoms with Crippen molar-refractivity contribution in [1.29, 1.82) is 0 Å². The number of ether oxygens (including phenoxy) is 3. The first kappa shape index (κ1) is 53.4. The van der Waals surface area contributed by atoms with Gasteiger partial charge in [-0.25, -0.2) is 14.4 Å². The van der Waals surface area contributed by atoms with Gasteiger partial charge in [-0.15, -0.1) is 0 Å². The van der Waals surface area contributed by atoms with Crippen LogP contribution in [0.5, 0.6) is 5.75 Å². The summed E-state index contributed by atoms with van der Waals surface area (Å²) in [7, 11) is -2.45. The Morgan fingerprint density at radius 2 is 1.50 bits per heavy atom. The number of aromatic hydroxyl groups is 1. The normalized spacial score (nSPS) is 15.2. The lowest BCUT2D eigenvalue weighted by Gasteiger charge is -2.41. The first-order valence-electron chi connectivity index (χ1n) is 24.4. The molecule has 15 heteroatoms. The summed E-state index contributed by atoms with van der Waals surface area (Å²) in [5, 5.41) is 26.1. The number of aromatic nitrogens is 1. The lowest BCUT2D eigenvalue weighted by atomic mass is 9.86. The minimum absolute atomic E-state index is 0.0690. The summed E-state index contributed by atoms with van der Waals surface area (Å²) in [6.45, 7) is 19.5. The number of benzene rings is 4. The van der Waals surface area contributed by atoms with Gasteiger partial charge in [0.05, 0.1) is 31.4 Å². The highest BCUT2D eigenvalue weighted by Gasteiger charge is 2.43. The number of amides is 2. The third-order valence-electron chi connectivity index (χ3n) is 13.3. The molecule has 1 aliphatic rings. The van der Waals surface area contributed by atoms with Crippen LogP contribution in [0.4, 0.5) is 15.3 Å². The number of carbonyl (C=O) groups excluding carboxylic acids is 3. The second-order valence-corrected chi connectivity index (χ2v) is 25.6. The molecule has 0 bridgehead atoms. The molecule has 1 fully saturated rings. The number of H-pyrrole nitrogens is 1. The van der Waals surface area contributed by atoms with Gasteiger partial charge in [-0.2, -0.15) is 0 Å². The average molecular weight is 977 g/mol. The van der Waals surface area contributed by atoms with Gasteiger partial charge in [-0.05, 0) is 131 Å². The van der Waals surface area contributed by atoms with Crippen molar-refractivity contribution < 1.29 is 43.2 Å². The number of carbonyl (C=O) groups is 3. The number of aliphatic hydroxyl groups is 1. The molecule has 5 aromatic rings. The number of unbranched alkanes of at least 4 members (excludes halogenated alkanes) is 2. The molecule has 14 nitrogen and oxygen atoms in total. The van der Waals surface area contributed by atoms with Crippen molar-refractivity contribution in [3.8, 4) is 5.75 Å². The number of phenols is 1. The largest absolute Gasteiger partial charge is 0.506 e. The fourth-order valence-electron chi connectivity index (χ4n) is 8.31. The average Bonchev–Trinajstić information content (AvgIpc) is 3.31. The maximum atomic E-state index is 13.9. The molecule has 0 saturated carbocycles. The summed E-state index contributed by atoms with van der Waals surface area (Å²) in [6.07, 6.45) is 1.58. The second kappa shape index (κ2) is 23.3. The van der Waals surface area contributed by atoms with Gasteiger partial charge in [0.2, 0.25) is 11.2 Å². The molecule has 1 unspecified atom stereocenters. The molecular weight excluding hydrogens is 905 g/mol. The van der Waals surface area contributed by atoms with E-state index in [9.17, 15) is 29.4 Å². The van der Waals surface area contributed by atoms with Crippen LogP contribution in [-0.4, -0.2) is 96.5 Å². The molecule has 1 saturated heterocycles. The Morgan fingerprint density at radius 1 is 0.829 bits per heavy atom. The number of hydrogen-bond donors (Lipinski definition) is 4. The highest BCUT2D eigenvalue weighted by atomic mass is 28.4. The monoisotopic (exact) mass is 977 g/mol. The zero-order valence-corrected chi connectivity index (χ0v) is 43.1. The quantitative estimate of drug-likeness (QED) is 0.0268. The first-order valence-corrected chi connectivity index (χ1v) is 27.3. The molecule has 4 N–H and O–H groups in total. The molecule has 1 aliphatic heterocycles. The maximum Gasteiger partial charge on any atom is 0.411 e. The summed E-state index contributed by atoms with van der Waals surface area (Å²) in [6, 6.07) is 31.8. The highest BCUT2D eigenvalue weighted by Crippen LogP contribution is 2.42.